The Morgan fingerprint density at radius 1 is 0.962 bits per heavy atom. The molecule has 4 heterocycles. The van der Waals surface area contributed by atoms with Crippen LogP contribution in [0, 0.1) is 0 Å². The largest absolute Gasteiger partial charge is 0.276 e. The molecule has 132 valence electrons. The fraction of sp³-hybridized carbons (Fsp3) is 0.400. The Morgan fingerprint density at radius 2 is 1.73 bits per heavy atom. The van der Waals surface area contributed by atoms with Gasteiger partial charge in [-0.15, -0.1) is 0 Å². The maximum atomic E-state index is 4.57. The predicted molar refractivity (Wildman–Crippen MR) is 100 cm³/mol. The molecule has 0 atom stereocenters. The molecule has 0 aromatic carbocycles. The fourth-order valence-corrected chi connectivity index (χ4v) is 4.27. The summed E-state index contributed by atoms with van der Waals surface area (Å²) in [7, 11) is 0. The number of aromatic nitrogens is 6. The molecule has 1 aliphatic rings. The van der Waals surface area contributed by atoms with Crippen molar-refractivity contribution in [3.63, 3.8) is 0 Å². The van der Waals surface area contributed by atoms with Gasteiger partial charge < -0.3 is 0 Å². The Bertz CT molecular complexity index is 996. The van der Waals surface area contributed by atoms with E-state index in [0.717, 1.165) is 42.4 Å². The number of hydrogen-bond donors (Lipinski definition) is 1. The smallest absolute Gasteiger partial charge is 0.155 e. The zero-order valence-electron chi connectivity index (χ0n) is 15.1. The van der Waals surface area contributed by atoms with E-state index in [-0.39, 0.29) is 10.8 Å². The van der Waals surface area contributed by atoms with Gasteiger partial charge in [0.15, 0.2) is 5.65 Å². The lowest BCUT2D eigenvalue weighted by Gasteiger charge is -2.43. The lowest BCUT2D eigenvalue weighted by molar-refractivity contribution is 0.223. The molecule has 1 saturated carbocycles. The molecule has 26 heavy (non-hydrogen) atoms. The molecule has 4 aromatic rings. The Kier molecular flexibility index (Phi) is 3.20. The van der Waals surface area contributed by atoms with Gasteiger partial charge in [-0.3, -0.25) is 10.1 Å². The highest BCUT2D eigenvalue weighted by Gasteiger charge is 2.40. The molecule has 1 N–H and O–H groups in total. The van der Waals surface area contributed by atoms with Crippen LogP contribution in [0.25, 0.3) is 16.7 Å². The molecule has 6 heteroatoms. The summed E-state index contributed by atoms with van der Waals surface area (Å²) >= 11 is 0. The van der Waals surface area contributed by atoms with Crippen LogP contribution in [-0.4, -0.2) is 29.8 Å². The van der Waals surface area contributed by atoms with E-state index in [4.69, 9.17) is 0 Å². The third-order valence-corrected chi connectivity index (χ3v) is 6.42. The predicted octanol–water partition coefficient (Wildman–Crippen LogP) is 3.79. The molecule has 5 rings (SSSR count). The van der Waals surface area contributed by atoms with Crippen LogP contribution in [-0.2, 0) is 10.8 Å². The SMILES string of the molecule is CC1(c2cnc3cn[nH]c3c2)CCC(C)(c2ccc3ncnn3c2)CC1. The van der Waals surface area contributed by atoms with Crippen molar-refractivity contribution in [1.29, 1.82) is 0 Å². The van der Waals surface area contributed by atoms with E-state index >= 15 is 0 Å². The average Bonchev–Trinajstić information content (AvgIpc) is 3.32. The van der Waals surface area contributed by atoms with Crippen molar-refractivity contribution in [2.75, 3.05) is 0 Å². The molecule has 0 amide bonds. The van der Waals surface area contributed by atoms with E-state index in [1.54, 1.807) is 12.5 Å². The first kappa shape index (κ1) is 15.5. The van der Waals surface area contributed by atoms with Crippen molar-refractivity contribution in [3.05, 3.63) is 54.2 Å². The Hall–Kier alpha value is -2.76. The molecule has 6 nitrogen and oxygen atoms in total. The van der Waals surface area contributed by atoms with E-state index in [9.17, 15) is 0 Å². The van der Waals surface area contributed by atoms with Crippen molar-refractivity contribution in [3.8, 4) is 0 Å². The second-order valence-corrected chi connectivity index (χ2v) is 8.13. The van der Waals surface area contributed by atoms with Crippen LogP contribution in [0.1, 0.15) is 50.7 Å². The maximum absolute atomic E-state index is 4.57. The first-order chi connectivity index (χ1) is 12.6. The van der Waals surface area contributed by atoms with Crippen molar-refractivity contribution < 1.29 is 0 Å². The molecular formula is C20H22N6. The minimum absolute atomic E-state index is 0.156. The number of fused-ring (bicyclic) bond motifs is 2. The minimum Gasteiger partial charge on any atom is -0.276 e. The molecule has 0 unspecified atom stereocenters. The highest BCUT2D eigenvalue weighted by molar-refractivity contribution is 5.73. The molecule has 0 aliphatic heterocycles. The topological polar surface area (TPSA) is 71.8 Å². The van der Waals surface area contributed by atoms with Crippen molar-refractivity contribution >= 4 is 16.7 Å². The maximum Gasteiger partial charge on any atom is 0.155 e. The Balaban J connectivity index is 1.43. The van der Waals surface area contributed by atoms with Gasteiger partial charge >= 0.3 is 0 Å². The quantitative estimate of drug-likeness (QED) is 0.599. The molecular weight excluding hydrogens is 324 g/mol. The number of aromatic amines is 1. The van der Waals surface area contributed by atoms with Crippen LogP contribution in [0.4, 0.5) is 0 Å². The van der Waals surface area contributed by atoms with Crippen LogP contribution in [0.5, 0.6) is 0 Å². The summed E-state index contributed by atoms with van der Waals surface area (Å²) in [6, 6.07) is 6.50. The van der Waals surface area contributed by atoms with Crippen molar-refractivity contribution in [2.45, 2.75) is 50.4 Å². The highest BCUT2D eigenvalue weighted by atomic mass is 15.3. The van der Waals surface area contributed by atoms with Crippen LogP contribution in [0.2, 0.25) is 0 Å². The lowest BCUT2D eigenvalue weighted by atomic mass is 9.61. The minimum atomic E-state index is 0.156. The van der Waals surface area contributed by atoms with Gasteiger partial charge in [-0.05, 0) is 59.8 Å². The van der Waals surface area contributed by atoms with Gasteiger partial charge in [-0.25, -0.2) is 9.50 Å². The Morgan fingerprint density at radius 3 is 2.54 bits per heavy atom. The van der Waals surface area contributed by atoms with Gasteiger partial charge in [0.1, 0.15) is 11.8 Å². The van der Waals surface area contributed by atoms with Gasteiger partial charge in [-0.2, -0.15) is 10.2 Å². The summed E-state index contributed by atoms with van der Waals surface area (Å²) in [6.07, 6.45) is 12.1. The normalized spacial score (nSPS) is 26.5. The number of nitrogens with one attached hydrogen (secondary N) is 1. The van der Waals surface area contributed by atoms with E-state index in [1.807, 2.05) is 10.7 Å². The highest BCUT2D eigenvalue weighted by Crippen LogP contribution is 2.48. The lowest BCUT2D eigenvalue weighted by Crippen LogP contribution is -2.36. The summed E-state index contributed by atoms with van der Waals surface area (Å²) in [4.78, 5) is 8.82. The molecule has 4 aromatic heterocycles. The number of rotatable bonds is 2. The molecule has 0 saturated heterocycles. The number of hydrogen-bond acceptors (Lipinski definition) is 4. The van der Waals surface area contributed by atoms with E-state index in [1.165, 1.54) is 11.1 Å². The third kappa shape index (κ3) is 2.32. The summed E-state index contributed by atoms with van der Waals surface area (Å²) < 4.78 is 1.88. The van der Waals surface area contributed by atoms with Gasteiger partial charge in [0.25, 0.3) is 0 Å². The van der Waals surface area contributed by atoms with Crippen LogP contribution in [0.15, 0.2) is 43.1 Å². The standard InChI is InChI=1S/C20H22N6/c1-19(14-3-4-18-22-13-24-26(18)12-14)5-7-20(2,8-6-19)15-9-16-17(21-10-15)11-23-25-16/h3-4,9-13H,5-8H2,1-2H3,(H,23,25). The molecule has 1 fully saturated rings. The zero-order valence-corrected chi connectivity index (χ0v) is 15.1. The molecule has 0 spiro atoms. The fourth-order valence-electron chi connectivity index (χ4n) is 4.27. The summed E-state index contributed by atoms with van der Waals surface area (Å²) in [6.45, 7) is 4.74. The molecule has 0 bridgehead atoms. The number of H-pyrrole nitrogens is 1. The van der Waals surface area contributed by atoms with Crippen LogP contribution in [0.3, 0.4) is 0 Å². The Labute approximate surface area is 151 Å². The average molecular weight is 346 g/mol. The first-order valence-electron chi connectivity index (χ1n) is 9.15. The van der Waals surface area contributed by atoms with Crippen LogP contribution >= 0.6 is 0 Å². The summed E-state index contributed by atoms with van der Waals surface area (Å²) in [5.74, 6) is 0. The monoisotopic (exact) mass is 346 g/mol. The van der Waals surface area contributed by atoms with E-state index in [2.05, 4.69) is 63.5 Å². The molecule has 1 aliphatic carbocycles. The molecule has 0 radical (unpaired) electrons. The summed E-state index contributed by atoms with van der Waals surface area (Å²) in [5.41, 5.74) is 5.83. The zero-order chi connectivity index (χ0) is 17.8. The van der Waals surface area contributed by atoms with Gasteiger partial charge in [0, 0.05) is 12.4 Å². The van der Waals surface area contributed by atoms with Crippen molar-refractivity contribution in [1.82, 2.24) is 29.8 Å². The number of pyridine rings is 2. The second-order valence-electron chi connectivity index (χ2n) is 8.13. The first-order valence-corrected chi connectivity index (χ1v) is 9.15. The van der Waals surface area contributed by atoms with E-state index < -0.39 is 0 Å². The van der Waals surface area contributed by atoms with Crippen molar-refractivity contribution in [2.24, 2.45) is 0 Å². The van der Waals surface area contributed by atoms with Gasteiger partial charge in [0.05, 0.1) is 11.7 Å². The van der Waals surface area contributed by atoms with Gasteiger partial charge in [-0.1, -0.05) is 19.9 Å². The second kappa shape index (κ2) is 5.37. The van der Waals surface area contributed by atoms with Gasteiger partial charge in [0.2, 0.25) is 0 Å². The third-order valence-electron chi connectivity index (χ3n) is 6.42. The summed E-state index contributed by atoms with van der Waals surface area (Å²) in [5, 5.41) is 11.4. The van der Waals surface area contributed by atoms with E-state index in [0.29, 0.717) is 0 Å². The number of nitrogens with zero attached hydrogens (tertiary/aromatic N) is 5. The van der Waals surface area contributed by atoms with Crippen LogP contribution < -0.4 is 0 Å².